The molecule has 0 N–H and O–H groups in total. The van der Waals surface area contributed by atoms with Crippen molar-refractivity contribution >= 4 is 23.2 Å². The molecule has 1 atom stereocenters. The van der Waals surface area contributed by atoms with E-state index >= 15 is 0 Å². The van der Waals surface area contributed by atoms with E-state index in [0.717, 1.165) is 50.3 Å². The summed E-state index contributed by atoms with van der Waals surface area (Å²) in [5, 5.41) is 0.00269. The highest BCUT2D eigenvalue weighted by Gasteiger charge is 2.21. The first-order valence-corrected chi connectivity index (χ1v) is 8.27. The molecule has 1 unspecified atom stereocenters. The first kappa shape index (κ1) is 16.3. The third-order valence-electron chi connectivity index (χ3n) is 4.28. The summed E-state index contributed by atoms with van der Waals surface area (Å²) < 4.78 is 0. The Labute approximate surface area is 132 Å². The van der Waals surface area contributed by atoms with Crippen LogP contribution in [-0.4, -0.2) is 37.0 Å². The minimum absolute atomic E-state index is 0.00269. The minimum Gasteiger partial charge on any atom is -0.312 e. The largest absolute Gasteiger partial charge is 0.312 e. The third kappa shape index (κ3) is 3.78. The smallest absolute Gasteiger partial charge is 0.223 e. The molecular formula is C17H25ClN2O. The molecule has 0 bridgehead atoms. The Hall–Kier alpha value is -1.06. The van der Waals surface area contributed by atoms with E-state index in [9.17, 15) is 4.79 Å². The number of carbonyl (C=O) groups is 1. The van der Waals surface area contributed by atoms with E-state index in [1.807, 2.05) is 4.90 Å². The van der Waals surface area contributed by atoms with E-state index in [1.165, 1.54) is 5.56 Å². The van der Waals surface area contributed by atoms with Crippen molar-refractivity contribution in [3.63, 3.8) is 0 Å². The number of halogens is 1. The number of likely N-dealkylation sites (N-methyl/N-ethyl adjacent to an activating group) is 1. The maximum Gasteiger partial charge on any atom is 0.223 e. The summed E-state index contributed by atoms with van der Waals surface area (Å²) in [5.74, 6) is 0.120. The number of benzene rings is 1. The molecule has 0 spiro atoms. The number of carbonyl (C=O) groups excluding carboxylic acids is 1. The number of alkyl halides is 1. The average molecular weight is 309 g/mol. The summed E-state index contributed by atoms with van der Waals surface area (Å²) >= 11 is 6.58. The number of nitrogens with zero attached hydrogens (tertiary/aromatic N) is 2. The lowest BCUT2D eigenvalue weighted by molar-refractivity contribution is -0.116. The zero-order chi connectivity index (χ0) is 15.4. The number of aryl methyl sites for hydroxylation is 1. The van der Waals surface area contributed by atoms with Crippen molar-refractivity contribution in [2.75, 3.05) is 31.1 Å². The number of rotatable bonds is 5. The monoisotopic (exact) mass is 308 g/mol. The standard InChI is InChI=1S/C17H25ClN2O/c1-4-19(5-2)12-16(18)14-8-9-17-15(11-14)7-6-10-20(17)13(3)21/h8-9,11,16H,4-7,10,12H2,1-3H3. The second-order valence-corrected chi connectivity index (χ2v) is 6.14. The Kier molecular flexibility index (Phi) is 5.65. The summed E-state index contributed by atoms with van der Waals surface area (Å²) in [6.45, 7) is 9.67. The van der Waals surface area contributed by atoms with Gasteiger partial charge in [0, 0.05) is 25.7 Å². The Bertz CT molecular complexity index is 500. The molecule has 0 aromatic heterocycles. The molecule has 1 amide bonds. The molecule has 1 aromatic carbocycles. The van der Waals surface area contributed by atoms with Gasteiger partial charge in [-0.1, -0.05) is 26.0 Å². The van der Waals surface area contributed by atoms with Crippen LogP contribution in [0.5, 0.6) is 0 Å². The van der Waals surface area contributed by atoms with E-state index in [-0.39, 0.29) is 11.3 Å². The summed E-state index contributed by atoms with van der Waals surface area (Å²) in [7, 11) is 0. The van der Waals surface area contributed by atoms with Crippen LogP contribution in [0.25, 0.3) is 0 Å². The Morgan fingerprint density at radius 2 is 2.10 bits per heavy atom. The van der Waals surface area contributed by atoms with Gasteiger partial charge < -0.3 is 9.80 Å². The lowest BCUT2D eigenvalue weighted by Crippen LogP contribution is -2.33. The van der Waals surface area contributed by atoms with Gasteiger partial charge in [0.1, 0.15) is 0 Å². The third-order valence-corrected chi connectivity index (χ3v) is 4.67. The van der Waals surface area contributed by atoms with E-state index in [1.54, 1.807) is 6.92 Å². The average Bonchev–Trinajstić information content (AvgIpc) is 2.50. The predicted molar refractivity (Wildman–Crippen MR) is 89.2 cm³/mol. The number of hydrogen-bond acceptors (Lipinski definition) is 2. The number of hydrogen-bond donors (Lipinski definition) is 0. The maximum atomic E-state index is 11.7. The van der Waals surface area contributed by atoms with Crippen LogP contribution in [0.15, 0.2) is 18.2 Å². The molecule has 1 heterocycles. The molecule has 0 radical (unpaired) electrons. The molecule has 0 saturated heterocycles. The quantitative estimate of drug-likeness (QED) is 0.776. The molecule has 3 nitrogen and oxygen atoms in total. The Balaban J connectivity index is 2.19. The van der Waals surface area contributed by atoms with Gasteiger partial charge >= 0.3 is 0 Å². The summed E-state index contributed by atoms with van der Waals surface area (Å²) in [4.78, 5) is 15.9. The van der Waals surface area contributed by atoms with E-state index in [4.69, 9.17) is 11.6 Å². The number of fused-ring (bicyclic) bond motifs is 1. The Morgan fingerprint density at radius 1 is 1.38 bits per heavy atom. The van der Waals surface area contributed by atoms with Crippen LogP contribution in [0, 0.1) is 0 Å². The van der Waals surface area contributed by atoms with Crippen LogP contribution in [0.2, 0.25) is 0 Å². The minimum atomic E-state index is 0.00269. The molecular weight excluding hydrogens is 284 g/mol. The van der Waals surface area contributed by atoms with Crippen LogP contribution >= 0.6 is 11.6 Å². The highest BCUT2D eigenvalue weighted by atomic mass is 35.5. The first-order valence-electron chi connectivity index (χ1n) is 7.84. The molecule has 1 aliphatic rings. The fraction of sp³-hybridized carbons (Fsp3) is 0.588. The molecule has 1 aliphatic heterocycles. The van der Waals surface area contributed by atoms with Gasteiger partial charge in [-0.05, 0) is 43.1 Å². The van der Waals surface area contributed by atoms with Crippen LogP contribution in [0.1, 0.15) is 43.7 Å². The van der Waals surface area contributed by atoms with Crippen molar-refractivity contribution in [1.82, 2.24) is 4.90 Å². The van der Waals surface area contributed by atoms with Gasteiger partial charge in [-0.25, -0.2) is 0 Å². The SMILES string of the molecule is CCN(CC)CC(Cl)c1ccc2c(c1)CCCN2C(C)=O. The van der Waals surface area contributed by atoms with E-state index in [2.05, 4.69) is 36.9 Å². The van der Waals surface area contributed by atoms with Gasteiger partial charge in [0.05, 0.1) is 5.38 Å². The highest BCUT2D eigenvalue weighted by molar-refractivity contribution is 6.21. The molecule has 0 aliphatic carbocycles. The van der Waals surface area contributed by atoms with Gasteiger partial charge in [0.25, 0.3) is 0 Å². The number of amides is 1. The molecule has 4 heteroatoms. The molecule has 1 aromatic rings. The molecule has 2 rings (SSSR count). The normalized spacial score (nSPS) is 16.0. The second kappa shape index (κ2) is 7.28. The van der Waals surface area contributed by atoms with E-state index < -0.39 is 0 Å². The second-order valence-electron chi connectivity index (χ2n) is 5.62. The fourth-order valence-electron chi connectivity index (χ4n) is 2.95. The molecule has 0 saturated carbocycles. The van der Waals surface area contributed by atoms with Gasteiger partial charge in [0.15, 0.2) is 0 Å². The zero-order valence-electron chi connectivity index (χ0n) is 13.2. The van der Waals surface area contributed by atoms with Gasteiger partial charge in [-0.2, -0.15) is 0 Å². The number of anilines is 1. The first-order chi connectivity index (χ1) is 10.1. The lowest BCUT2D eigenvalue weighted by atomic mass is 9.97. The van der Waals surface area contributed by atoms with Gasteiger partial charge in [0.2, 0.25) is 5.91 Å². The van der Waals surface area contributed by atoms with Crippen LogP contribution in [0.3, 0.4) is 0 Å². The molecule has 0 fully saturated rings. The Morgan fingerprint density at radius 3 is 2.71 bits per heavy atom. The lowest BCUT2D eigenvalue weighted by Gasteiger charge is -2.29. The van der Waals surface area contributed by atoms with Crippen molar-refractivity contribution < 1.29 is 4.79 Å². The van der Waals surface area contributed by atoms with Crippen molar-refractivity contribution in [2.45, 2.75) is 39.0 Å². The topological polar surface area (TPSA) is 23.6 Å². The van der Waals surface area contributed by atoms with Gasteiger partial charge in [-0.3, -0.25) is 4.79 Å². The summed E-state index contributed by atoms with van der Waals surface area (Å²) in [6.07, 6.45) is 2.06. The van der Waals surface area contributed by atoms with Crippen LogP contribution in [-0.2, 0) is 11.2 Å². The summed E-state index contributed by atoms with van der Waals surface area (Å²) in [5.41, 5.74) is 3.47. The molecule has 21 heavy (non-hydrogen) atoms. The maximum absolute atomic E-state index is 11.7. The van der Waals surface area contributed by atoms with Crippen LogP contribution in [0.4, 0.5) is 5.69 Å². The summed E-state index contributed by atoms with van der Waals surface area (Å²) in [6, 6.07) is 6.32. The molecule has 116 valence electrons. The van der Waals surface area contributed by atoms with Crippen molar-refractivity contribution in [3.8, 4) is 0 Å². The van der Waals surface area contributed by atoms with Gasteiger partial charge in [-0.15, -0.1) is 11.6 Å². The van der Waals surface area contributed by atoms with E-state index in [0.29, 0.717) is 0 Å². The van der Waals surface area contributed by atoms with Crippen molar-refractivity contribution in [2.24, 2.45) is 0 Å². The van der Waals surface area contributed by atoms with Crippen molar-refractivity contribution in [3.05, 3.63) is 29.3 Å². The predicted octanol–water partition coefficient (Wildman–Crippen LogP) is 3.61. The highest BCUT2D eigenvalue weighted by Crippen LogP contribution is 2.31. The fourth-order valence-corrected chi connectivity index (χ4v) is 3.28. The van der Waals surface area contributed by atoms with Crippen molar-refractivity contribution in [1.29, 1.82) is 0 Å². The zero-order valence-corrected chi connectivity index (χ0v) is 14.0. The van der Waals surface area contributed by atoms with Crippen LogP contribution < -0.4 is 4.90 Å².